The lowest BCUT2D eigenvalue weighted by Crippen LogP contribution is -2.20. The van der Waals surface area contributed by atoms with Gasteiger partial charge >= 0.3 is 0 Å². The first kappa shape index (κ1) is 13.4. The summed E-state index contributed by atoms with van der Waals surface area (Å²) in [5, 5.41) is 0. The molecule has 3 aliphatic rings. The summed E-state index contributed by atoms with van der Waals surface area (Å²) in [6.45, 7) is 1.58. The fourth-order valence-electron chi connectivity index (χ4n) is 3.42. The van der Waals surface area contributed by atoms with E-state index in [1.165, 1.54) is 38.5 Å². The minimum absolute atomic E-state index is 0.412. The third-order valence-corrected chi connectivity index (χ3v) is 4.63. The average molecular weight is 239 g/mol. The molecule has 1 unspecified atom stereocenters. The van der Waals surface area contributed by atoms with Crippen LogP contribution in [-0.2, 0) is 4.74 Å². The number of rotatable bonds is 2. The summed E-state index contributed by atoms with van der Waals surface area (Å²) >= 11 is 0. The third-order valence-electron chi connectivity index (χ3n) is 4.63. The van der Waals surface area contributed by atoms with E-state index >= 15 is 0 Å². The van der Waals surface area contributed by atoms with Gasteiger partial charge in [0.1, 0.15) is 0 Å². The Morgan fingerprint density at radius 3 is 1.41 bits per heavy atom. The summed E-state index contributed by atoms with van der Waals surface area (Å²) in [4.78, 5) is 0. The molecule has 2 heteroatoms. The maximum Gasteiger partial charge on any atom is 0.0931 e. The van der Waals surface area contributed by atoms with Gasteiger partial charge in [0, 0.05) is 6.54 Å². The summed E-state index contributed by atoms with van der Waals surface area (Å²) in [7, 11) is 0. The van der Waals surface area contributed by atoms with Gasteiger partial charge in [-0.2, -0.15) is 0 Å². The molecule has 0 radical (unpaired) electrons. The molecule has 1 heterocycles. The van der Waals surface area contributed by atoms with E-state index < -0.39 is 0 Å². The number of nitrogens with two attached hydrogens (primary N) is 1. The minimum atomic E-state index is 0.412. The molecule has 0 spiro atoms. The second kappa shape index (κ2) is 7.38. The lowest BCUT2D eigenvalue weighted by molar-refractivity contribution is 0.196. The molecule has 17 heavy (non-hydrogen) atoms. The van der Waals surface area contributed by atoms with Gasteiger partial charge in [0.15, 0.2) is 0 Å². The van der Waals surface area contributed by atoms with Crippen LogP contribution in [0.2, 0.25) is 0 Å². The molecule has 2 aliphatic carbocycles. The van der Waals surface area contributed by atoms with E-state index in [0.29, 0.717) is 12.6 Å². The summed E-state index contributed by atoms with van der Waals surface area (Å²) in [5.74, 6) is 2.28. The van der Waals surface area contributed by atoms with Gasteiger partial charge in [-0.15, -0.1) is 0 Å². The molecule has 2 nitrogen and oxygen atoms in total. The molecular formula is C15H29NO. The van der Waals surface area contributed by atoms with Gasteiger partial charge < -0.3 is 10.5 Å². The van der Waals surface area contributed by atoms with Crippen LogP contribution in [-0.4, -0.2) is 19.3 Å². The summed E-state index contributed by atoms with van der Waals surface area (Å²) in [5.41, 5.74) is 5.11. The second-order valence-electron chi connectivity index (χ2n) is 5.99. The van der Waals surface area contributed by atoms with Gasteiger partial charge in [0.2, 0.25) is 0 Å². The standard InChI is InChI=1S/C12H22.C3H7NO/c1-3-7-11(8-4-1)12-9-5-2-6-10-12;4-1-3-2-5-3/h11-12H,1-10H2;3H,1-2,4H2. The minimum Gasteiger partial charge on any atom is -0.372 e. The molecule has 0 aromatic heterocycles. The first-order chi connectivity index (χ1) is 8.40. The summed E-state index contributed by atoms with van der Waals surface area (Å²) < 4.78 is 4.73. The highest BCUT2D eigenvalue weighted by Gasteiger charge is 2.24. The van der Waals surface area contributed by atoms with Gasteiger partial charge in [-0.3, -0.25) is 0 Å². The van der Waals surface area contributed by atoms with Crippen molar-refractivity contribution >= 4 is 0 Å². The topological polar surface area (TPSA) is 38.5 Å². The van der Waals surface area contributed by atoms with Gasteiger partial charge in [-0.05, 0) is 11.8 Å². The van der Waals surface area contributed by atoms with Crippen LogP contribution in [0.3, 0.4) is 0 Å². The van der Waals surface area contributed by atoms with Crippen molar-refractivity contribution < 1.29 is 4.74 Å². The van der Waals surface area contributed by atoms with Crippen molar-refractivity contribution in [3.05, 3.63) is 0 Å². The van der Waals surface area contributed by atoms with Gasteiger partial charge in [-0.1, -0.05) is 64.2 Å². The normalized spacial score (nSPS) is 30.5. The van der Waals surface area contributed by atoms with Crippen LogP contribution < -0.4 is 5.73 Å². The highest BCUT2D eigenvalue weighted by Crippen LogP contribution is 2.37. The van der Waals surface area contributed by atoms with E-state index in [0.717, 1.165) is 18.4 Å². The van der Waals surface area contributed by atoms with Gasteiger partial charge in [-0.25, -0.2) is 0 Å². The molecule has 1 atom stereocenters. The van der Waals surface area contributed by atoms with Crippen molar-refractivity contribution in [2.45, 2.75) is 70.3 Å². The fourth-order valence-corrected chi connectivity index (χ4v) is 3.42. The Hall–Kier alpha value is -0.0800. The number of ether oxygens (including phenoxy) is 1. The fraction of sp³-hybridized carbons (Fsp3) is 1.00. The second-order valence-corrected chi connectivity index (χ2v) is 5.99. The summed E-state index contributed by atoms with van der Waals surface area (Å²) in [6, 6.07) is 0. The zero-order chi connectivity index (χ0) is 11.9. The summed E-state index contributed by atoms with van der Waals surface area (Å²) in [6.07, 6.45) is 15.8. The van der Waals surface area contributed by atoms with Crippen LogP contribution in [0.25, 0.3) is 0 Å². The van der Waals surface area contributed by atoms with Crippen LogP contribution in [0.15, 0.2) is 0 Å². The van der Waals surface area contributed by atoms with Crippen LogP contribution in [0.1, 0.15) is 64.2 Å². The van der Waals surface area contributed by atoms with Gasteiger partial charge in [0.25, 0.3) is 0 Å². The Bertz CT molecular complexity index is 175. The molecule has 1 aliphatic heterocycles. The smallest absolute Gasteiger partial charge is 0.0931 e. The average Bonchev–Trinajstić information content (AvgIpc) is 3.25. The predicted octanol–water partition coefficient (Wildman–Crippen LogP) is 3.49. The molecule has 2 N–H and O–H groups in total. The molecule has 0 amide bonds. The molecule has 3 rings (SSSR count). The molecule has 1 saturated heterocycles. The zero-order valence-corrected chi connectivity index (χ0v) is 11.2. The lowest BCUT2D eigenvalue weighted by atomic mass is 9.73. The molecule has 0 aromatic carbocycles. The van der Waals surface area contributed by atoms with Crippen LogP contribution in [0.5, 0.6) is 0 Å². The Kier molecular flexibility index (Phi) is 5.79. The maximum atomic E-state index is 5.11. The van der Waals surface area contributed by atoms with E-state index in [1.54, 1.807) is 25.7 Å². The van der Waals surface area contributed by atoms with Crippen LogP contribution in [0, 0.1) is 11.8 Å². The van der Waals surface area contributed by atoms with Crippen molar-refractivity contribution in [2.24, 2.45) is 17.6 Å². The highest BCUT2D eigenvalue weighted by atomic mass is 16.6. The van der Waals surface area contributed by atoms with E-state index in [4.69, 9.17) is 10.5 Å². The number of epoxide rings is 1. The molecule has 0 bridgehead atoms. The van der Waals surface area contributed by atoms with Crippen molar-refractivity contribution in [3.63, 3.8) is 0 Å². The molecule has 100 valence electrons. The van der Waals surface area contributed by atoms with E-state index in [1.807, 2.05) is 0 Å². The van der Waals surface area contributed by atoms with Crippen molar-refractivity contribution in [2.75, 3.05) is 13.2 Å². The number of hydrogen-bond donors (Lipinski definition) is 1. The van der Waals surface area contributed by atoms with Crippen LogP contribution in [0.4, 0.5) is 0 Å². The predicted molar refractivity (Wildman–Crippen MR) is 71.9 cm³/mol. The van der Waals surface area contributed by atoms with Crippen molar-refractivity contribution in [1.82, 2.24) is 0 Å². The number of hydrogen-bond acceptors (Lipinski definition) is 2. The Labute approximate surface area is 106 Å². The molecule has 3 fully saturated rings. The Morgan fingerprint density at radius 2 is 1.18 bits per heavy atom. The van der Waals surface area contributed by atoms with Crippen molar-refractivity contribution in [3.8, 4) is 0 Å². The lowest BCUT2D eigenvalue weighted by Gasteiger charge is -2.32. The molecular weight excluding hydrogens is 210 g/mol. The largest absolute Gasteiger partial charge is 0.372 e. The molecule has 0 aromatic rings. The Morgan fingerprint density at radius 1 is 0.765 bits per heavy atom. The Balaban J connectivity index is 0.000000181. The maximum absolute atomic E-state index is 5.11. The zero-order valence-electron chi connectivity index (χ0n) is 11.2. The highest BCUT2D eigenvalue weighted by molar-refractivity contribution is 4.76. The monoisotopic (exact) mass is 239 g/mol. The van der Waals surface area contributed by atoms with Gasteiger partial charge in [0.05, 0.1) is 12.7 Å². The van der Waals surface area contributed by atoms with E-state index in [-0.39, 0.29) is 0 Å². The van der Waals surface area contributed by atoms with Crippen molar-refractivity contribution in [1.29, 1.82) is 0 Å². The first-order valence-corrected chi connectivity index (χ1v) is 7.72. The van der Waals surface area contributed by atoms with E-state index in [9.17, 15) is 0 Å². The third kappa shape index (κ3) is 4.97. The van der Waals surface area contributed by atoms with E-state index in [2.05, 4.69) is 0 Å². The quantitative estimate of drug-likeness (QED) is 0.749. The first-order valence-electron chi connectivity index (χ1n) is 7.72. The molecule has 2 saturated carbocycles. The SMILES string of the molecule is C1CCC(C2CCCCC2)CC1.NCC1CO1. The van der Waals surface area contributed by atoms with Crippen LogP contribution >= 0.6 is 0 Å².